The summed E-state index contributed by atoms with van der Waals surface area (Å²) >= 11 is 0. The van der Waals surface area contributed by atoms with E-state index in [4.69, 9.17) is 4.74 Å². The standard InChI is InChI=1S/C22H23F2N3O3/c1-13(25-21(29)30-22(2,3)4)19-26-16-12-8-11-15(18(23)24)17(16)20(28)27(19)14-9-6-5-7-10-14/h5-13,18H,1-4H3,(H,25,29)/t13-/m0/s1. The van der Waals surface area contributed by atoms with E-state index in [2.05, 4.69) is 10.3 Å². The van der Waals surface area contributed by atoms with Gasteiger partial charge in [0.05, 0.1) is 22.6 Å². The highest BCUT2D eigenvalue weighted by Gasteiger charge is 2.24. The van der Waals surface area contributed by atoms with E-state index in [0.717, 1.165) is 0 Å². The maximum Gasteiger partial charge on any atom is 0.408 e. The molecule has 0 fully saturated rings. The fraction of sp³-hybridized carbons (Fsp3) is 0.318. The van der Waals surface area contributed by atoms with Gasteiger partial charge in [0.15, 0.2) is 0 Å². The lowest BCUT2D eigenvalue weighted by atomic mass is 10.1. The molecule has 0 saturated carbocycles. The summed E-state index contributed by atoms with van der Waals surface area (Å²) in [4.78, 5) is 30.0. The van der Waals surface area contributed by atoms with Gasteiger partial charge in [-0.3, -0.25) is 9.36 Å². The monoisotopic (exact) mass is 415 g/mol. The Morgan fingerprint density at radius 1 is 1.10 bits per heavy atom. The molecule has 0 aliphatic rings. The van der Waals surface area contributed by atoms with Crippen LogP contribution < -0.4 is 10.9 Å². The lowest BCUT2D eigenvalue weighted by Crippen LogP contribution is -2.37. The smallest absolute Gasteiger partial charge is 0.408 e. The molecule has 3 aromatic rings. The predicted molar refractivity (Wildman–Crippen MR) is 110 cm³/mol. The molecule has 158 valence electrons. The number of aromatic nitrogens is 2. The number of nitrogens with zero attached hydrogens (tertiary/aromatic N) is 2. The third-order valence-electron chi connectivity index (χ3n) is 4.33. The molecule has 1 atom stereocenters. The summed E-state index contributed by atoms with van der Waals surface area (Å²) in [7, 11) is 0. The van der Waals surface area contributed by atoms with Crippen LogP contribution in [-0.2, 0) is 4.74 Å². The summed E-state index contributed by atoms with van der Waals surface area (Å²) in [5.41, 5.74) is -1.12. The van der Waals surface area contributed by atoms with Gasteiger partial charge in [0.2, 0.25) is 0 Å². The molecule has 0 aliphatic carbocycles. The van der Waals surface area contributed by atoms with Gasteiger partial charge in [-0.2, -0.15) is 0 Å². The van der Waals surface area contributed by atoms with Gasteiger partial charge in [-0.15, -0.1) is 0 Å². The zero-order valence-corrected chi connectivity index (χ0v) is 17.1. The van der Waals surface area contributed by atoms with E-state index in [1.807, 2.05) is 0 Å². The number of carbonyl (C=O) groups is 1. The lowest BCUT2D eigenvalue weighted by molar-refractivity contribution is 0.0505. The third kappa shape index (κ3) is 4.48. The van der Waals surface area contributed by atoms with Gasteiger partial charge >= 0.3 is 6.09 Å². The molecule has 0 spiro atoms. The zero-order chi connectivity index (χ0) is 22.1. The number of benzene rings is 2. The molecule has 1 heterocycles. The molecular weight excluding hydrogens is 392 g/mol. The van der Waals surface area contributed by atoms with Gasteiger partial charge in [-0.05, 0) is 45.9 Å². The Morgan fingerprint density at radius 3 is 2.37 bits per heavy atom. The highest BCUT2D eigenvalue weighted by Crippen LogP contribution is 2.26. The van der Waals surface area contributed by atoms with Crippen LogP contribution in [0.2, 0.25) is 0 Å². The van der Waals surface area contributed by atoms with E-state index >= 15 is 0 Å². The third-order valence-corrected chi connectivity index (χ3v) is 4.33. The molecule has 0 radical (unpaired) electrons. The summed E-state index contributed by atoms with van der Waals surface area (Å²) in [6.45, 7) is 6.85. The number of amides is 1. The fourth-order valence-corrected chi connectivity index (χ4v) is 3.12. The quantitative estimate of drug-likeness (QED) is 0.657. The Balaban J connectivity index is 2.20. The van der Waals surface area contributed by atoms with Crippen LogP contribution >= 0.6 is 0 Å². The summed E-state index contributed by atoms with van der Waals surface area (Å²) < 4.78 is 33.6. The van der Waals surface area contributed by atoms with Crippen LogP contribution in [0, 0.1) is 0 Å². The summed E-state index contributed by atoms with van der Waals surface area (Å²) in [6.07, 6.45) is -3.50. The number of carbonyl (C=O) groups excluding carboxylic acids is 1. The number of rotatable bonds is 4. The average molecular weight is 415 g/mol. The maximum atomic E-state index is 13.6. The minimum absolute atomic E-state index is 0.137. The molecule has 0 aliphatic heterocycles. The first kappa shape index (κ1) is 21.4. The van der Waals surface area contributed by atoms with Gasteiger partial charge in [-0.25, -0.2) is 18.6 Å². The van der Waals surface area contributed by atoms with E-state index in [9.17, 15) is 18.4 Å². The van der Waals surface area contributed by atoms with Crippen molar-refractivity contribution < 1.29 is 18.3 Å². The topological polar surface area (TPSA) is 73.2 Å². The SMILES string of the molecule is C[C@H](NC(=O)OC(C)(C)C)c1nc2cccc(C(F)F)c2c(=O)n1-c1ccccc1. The van der Waals surface area contributed by atoms with Crippen molar-refractivity contribution in [3.8, 4) is 5.69 Å². The Hall–Kier alpha value is -3.29. The molecule has 1 N–H and O–H groups in total. The van der Waals surface area contributed by atoms with Gasteiger partial charge < -0.3 is 10.1 Å². The normalized spacial score (nSPS) is 12.8. The minimum Gasteiger partial charge on any atom is -0.444 e. The first-order valence-corrected chi connectivity index (χ1v) is 9.47. The van der Waals surface area contributed by atoms with Crippen molar-refractivity contribution in [1.82, 2.24) is 14.9 Å². The van der Waals surface area contributed by atoms with Crippen LogP contribution in [0.1, 0.15) is 51.6 Å². The number of hydrogen-bond donors (Lipinski definition) is 1. The number of para-hydroxylation sites is 1. The van der Waals surface area contributed by atoms with E-state index in [1.54, 1.807) is 58.0 Å². The number of alkyl halides is 2. The lowest BCUT2D eigenvalue weighted by Gasteiger charge is -2.23. The Kier molecular flexibility index (Phi) is 5.87. The van der Waals surface area contributed by atoms with Gasteiger partial charge in [-0.1, -0.05) is 30.3 Å². The van der Waals surface area contributed by atoms with Crippen LogP contribution in [-0.4, -0.2) is 21.2 Å². The van der Waals surface area contributed by atoms with Crippen LogP contribution in [0.4, 0.5) is 13.6 Å². The van der Waals surface area contributed by atoms with Crippen molar-refractivity contribution in [2.24, 2.45) is 0 Å². The second kappa shape index (κ2) is 8.22. The van der Waals surface area contributed by atoms with E-state index in [1.165, 1.54) is 22.8 Å². The van der Waals surface area contributed by atoms with Gasteiger partial charge in [0.1, 0.15) is 11.4 Å². The van der Waals surface area contributed by atoms with E-state index in [0.29, 0.717) is 5.69 Å². The van der Waals surface area contributed by atoms with Crippen molar-refractivity contribution in [1.29, 1.82) is 0 Å². The highest BCUT2D eigenvalue weighted by molar-refractivity contribution is 5.82. The number of fused-ring (bicyclic) bond motifs is 1. The average Bonchev–Trinajstić information content (AvgIpc) is 2.66. The van der Waals surface area contributed by atoms with Crippen molar-refractivity contribution in [3.05, 3.63) is 70.3 Å². The zero-order valence-electron chi connectivity index (χ0n) is 17.1. The number of nitrogens with one attached hydrogen (secondary N) is 1. The Bertz CT molecular complexity index is 1120. The molecule has 0 saturated heterocycles. The first-order valence-electron chi connectivity index (χ1n) is 9.47. The molecule has 30 heavy (non-hydrogen) atoms. The summed E-state index contributed by atoms with van der Waals surface area (Å²) in [6, 6.07) is 12.0. The van der Waals surface area contributed by atoms with E-state index < -0.39 is 29.7 Å². The Labute approximate surface area is 172 Å². The second-order valence-electron chi connectivity index (χ2n) is 7.86. The predicted octanol–water partition coefficient (Wildman–Crippen LogP) is 4.91. The van der Waals surface area contributed by atoms with Crippen LogP contribution in [0.25, 0.3) is 16.6 Å². The van der Waals surface area contributed by atoms with Gasteiger partial charge in [0, 0.05) is 5.56 Å². The first-order chi connectivity index (χ1) is 14.1. The van der Waals surface area contributed by atoms with Crippen LogP contribution in [0.5, 0.6) is 0 Å². The Morgan fingerprint density at radius 2 is 1.77 bits per heavy atom. The van der Waals surface area contributed by atoms with Crippen molar-refractivity contribution in [2.45, 2.75) is 45.8 Å². The molecule has 2 aromatic carbocycles. The highest BCUT2D eigenvalue weighted by atomic mass is 19.3. The molecule has 3 rings (SSSR count). The van der Waals surface area contributed by atoms with Crippen molar-refractivity contribution in [3.63, 3.8) is 0 Å². The second-order valence-corrected chi connectivity index (χ2v) is 7.86. The van der Waals surface area contributed by atoms with Crippen molar-refractivity contribution in [2.75, 3.05) is 0 Å². The molecule has 0 unspecified atom stereocenters. The minimum atomic E-state index is -2.82. The largest absolute Gasteiger partial charge is 0.444 e. The van der Waals surface area contributed by atoms with Crippen molar-refractivity contribution >= 4 is 17.0 Å². The number of hydrogen-bond acceptors (Lipinski definition) is 4. The maximum absolute atomic E-state index is 13.6. The molecule has 6 nitrogen and oxygen atoms in total. The molecular formula is C22H23F2N3O3. The summed E-state index contributed by atoms with van der Waals surface area (Å²) in [5.74, 6) is 0.205. The summed E-state index contributed by atoms with van der Waals surface area (Å²) in [5, 5.41) is 2.51. The number of ether oxygens (including phenoxy) is 1. The van der Waals surface area contributed by atoms with E-state index in [-0.39, 0.29) is 22.3 Å². The molecule has 0 bridgehead atoms. The number of halogens is 2. The number of alkyl carbamates (subject to hydrolysis) is 1. The van der Waals surface area contributed by atoms with Crippen LogP contribution in [0.3, 0.4) is 0 Å². The van der Waals surface area contributed by atoms with Crippen LogP contribution in [0.15, 0.2) is 53.3 Å². The van der Waals surface area contributed by atoms with Gasteiger partial charge in [0.25, 0.3) is 12.0 Å². The molecule has 8 heteroatoms. The molecule has 1 amide bonds. The molecule has 1 aromatic heterocycles. The fourth-order valence-electron chi connectivity index (χ4n) is 3.12.